The van der Waals surface area contributed by atoms with Gasteiger partial charge < -0.3 is 10.3 Å². The zero-order valence-corrected chi connectivity index (χ0v) is 15.0. The first-order valence-corrected chi connectivity index (χ1v) is 9.73. The van der Waals surface area contributed by atoms with Gasteiger partial charge in [0.25, 0.3) is 5.91 Å². The average molecular weight is 355 g/mol. The van der Waals surface area contributed by atoms with Gasteiger partial charge in [-0.2, -0.15) is 0 Å². The van der Waals surface area contributed by atoms with E-state index in [2.05, 4.69) is 10.3 Å². The molecule has 1 amide bonds. The number of carbonyl (C=O) groups is 1. The van der Waals surface area contributed by atoms with Gasteiger partial charge in [0.15, 0.2) is 0 Å². The van der Waals surface area contributed by atoms with E-state index in [1.807, 2.05) is 36.5 Å². The Labute approximate surface area is 153 Å². The maximum Gasteiger partial charge on any atom is 0.268 e. The van der Waals surface area contributed by atoms with Gasteiger partial charge in [0.2, 0.25) is 0 Å². The number of hydrogen-bond acceptors (Lipinski definition) is 1. The molecule has 4 bridgehead atoms. The van der Waals surface area contributed by atoms with E-state index in [0.717, 1.165) is 33.9 Å². The maximum atomic E-state index is 12.9. The van der Waals surface area contributed by atoms with Crippen LogP contribution in [0.15, 0.2) is 36.5 Å². The molecule has 4 heteroatoms. The predicted molar refractivity (Wildman–Crippen MR) is 99.6 cm³/mol. The predicted octanol–water partition coefficient (Wildman–Crippen LogP) is 5.03. The number of nitrogens with one attached hydrogen (secondary N) is 2. The molecule has 1 aromatic heterocycles. The van der Waals surface area contributed by atoms with Crippen LogP contribution in [0.2, 0.25) is 5.02 Å². The number of amides is 1. The second kappa shape index (κ2) is 5.63. The Bertz CT molecular complexity index is 772. The molecule has 0 atom stereocenters. The van der Waals surface area contributed by atoms with E-state index < -0.39 is 0 Å². The second-order valence-electron chi connectivity index (χ2n) is 8.46. The maximum absolute atomic E-state index is 12.9. The van der Waals surface area contributed by atoms with E-state index in [1.165, 1.54) is 38.5 Å². The summed E-state index contributed by atoms with van der Waals surface area (Å²) in [4.78, 5) is 16.0. The molecule has 0 radical (unpaired) electrons. The molecule has 4 aliphatic rings. The van der Waals surface area contributed by atoms with Gasteiger partial charge in [-0.15, -0.1) is 0 Å². The highest BCUT2D eigenvalue weighted by atomic mass is 35.5. The molecule has 0 aliphatic heterocycles. The highest BCUT2D eigenvalue weighted by Gasteiger charge is 2.51. The van der Waals surface area contributed by atoms with Crippen LogP contribution in [-0.4, -0.2) is 16.4 Å². The van der Waals surface area contributed by atoms with Crippen molar-refractivity contribution >= 4 is 17.5 Å². The van der Waals surface area contributed by atoms with Crippen molar-refractivity contribution in [3.63, 3.8) is 0 Å². The molecular weight excluding hydrogens is 332 g/mol. The third-order valence-corrected chi connectivity index (χ3v) is 6.77. The minimum Gasteiger partial charge on any atom is -0.357 e. The molecule has 0 unspecified atom stereocenters. The fourth-order valence-corrected chi connectivity index (χ4v) is 6.03. The van der Waals surface area contributed by atoms with Crippen LogP contribution in [0.5, 0.6) is 0 Å². The molecule has 3 nitrogen and oxygen atoms in total. The summed E-state index contributed by atoms with van der Waals surface area (Å²) >= 11 is 5.96. The summed E-state index contributed by atoms with van der Waals surface area (Å²) in [5.41, 5.74) is 2.79. The molecule has 2 aromatic rings. The van der Waals surface area contributed by atoms with Gasteiger partial charge >= 0.3 is 0 Å². The highest BCUT2D eigenvalue weighted by Crippen LogP contribution is 2.55. The summed E-state index contributed by atoms with van der Waals surface area (Å²) in [6.45, 7) is 0. The third kappa shape index (κ3) is 2.79. The number of halogens is 1. The Balaban J connectivity index is 1.34. The van der Waals surface area contributed by atoms with Crippen LogP contribution in [0.4, 0.5) is 0 Å². The smallest absolute Gasteiger partial charge is 0.268 e. The van der Waals surface area contributed by atoms with Gasteiger partial charge in [-0.1, -0.05) is 23.7 Å². The van der Waals surface area contributed by atoms with Crippen LogP contribution in [0, 0.1) is 17.8 Å². The number of hydrogen-bond donors (Lipinski definition) is 2. The van der Waals surface area contributed by atoms with E-state index in [-0.39, 0.29) is 11.4 Å². The Hall–Kier alpha value is -1.74. The molecule has 0 saturated heterocycles. The first-order valence-electron chi connectivity index (χ1n) is 9.35. The molecule has 6 rings (SSSR count). The van der Waals surface area contributed by atoms with Crippen LogP contribution in [-0.2, 0) is 0 Å². The molecule has 130 valence electrons. The molecule has 1 aromatic carbocycles. The summed E-state index contributed by atoms with van der Waals surface area (Å²) in [6.07, 6.45) is 9.59. The SMILES string of the molecule is O=C(NC12CC3CC(CC(C3)C1)C2)c1cc(-c2ccc(Cl)cc2)c[nH]1. The van der Waals surface area contributed by atoms with E-state index in [1.54, 1.807) is 0 Å². The third-order valence-electron chi connectivity index (χ3n) is 6.52. The summed E-state index contributed by atoms with van der Waals surface area (Å²) in [7, 11) is 0. The van der Waals surface area contributed by atoms with Gasteiger partial charge in [-0.3, -0.25) is 4.79 Å². The monoisotopic (exact) mass is 354 g/mol. The summed E-state index contributed by atoms with van der Waals surface area (Å²) in [6, 6.07) is 9.65. The Morgan fingerprint density at radius 1 is 1.00 bits per heavy atom. The largest absolute Gasteiger partial charge is 0.357 e. The zero-order valence-electron chi connectivity index (χ0n) is 14.2. The quantitative estimate of drug-likeness (QED) is 0.797. The van der Waals surface area contributed by atoms with Crippen LogP contribution in [0.25, 0.3) is 11.1 Å². The number of rotatable bonds is 3. The van der Waals surface area contributed by atoms with Crippen molar-refractivity contribution in [2.45, 2.75) is 44.1 Å². The van der Waals surface area contributed by atoms with E-state index >= 15 is 0 Å². The van der Waals surface area contributed by atoms with Gasteiger partial charge in [-0.05, 0) is 85.6 Å². The first-order chi connectivity index (χ1) is 12.1. The van der Waals surface area contributed by atoms with Crippen molar-refractivity contribution in [3.8, 4) is 11.1 Å². The van der Waals surface area contributed by atoms with Crippen molar-refractivity contribution in [3.05, 3.63) is 47.2 Å². The number of aromatic nitrogens is 1. The van der Waals surface area contributed by atoms with Crippen molar-refractivity contribution in [1.29, 1.82) is 0 Å². The molecule has 1 heterocycles. The van der Waals surface area contributed by atoms with Crippen LogP contribution < -0.4 is 5.32 Å². The Kier molecular flexibility index (Phi) is 3.50. The summed E-state index contributed by atoms with van der Waals surface area (Å²) in [5, 5.41) is 4.14. The van der Waals surface area contributed by atoms with Gasteiger partial charge in [0.05, 0.1) is 0 Å². The summed E-state index contributed by atoms with van der Waals surface area (Å²) in [5.74, 6) is 2.54. The van der Waals surface area contributed by atoms with E-state index in [0.29, 0.717) is 5.69 Å². The minimum atomic E-state index is 0.0437. The van der Waals surface area contributed by atoms with E-state index in [9.17, 15) is 4.79 Å². The summed E-state index contributed by atoms with van der Waals surface area (Å²) < 4.78 is 0. The minimum absolute atomic E-state index is 0.0437. The molecular formula is C21H23ClN2O. The van der Waals surface area contributed by atoms with Crippen LogP contribution >= 0.6 is 11.6 Å². The lowest BCUT2D eigenvalue weighted by molar-refractivity contribution is -0.0167. The van der Waals surface area contributed by atoms with Crippen molar-refractivity contribution < 1.29 is 4.79 Å². The number of benzene rings is 1. The number of aromatic amines is 1. The number of carbonyl (C=O) groups excluding carboxylic acids is 1. The Morgan fingerprint density at radius 2 is 1.60 bits per heavy atom. The van der Waals surface area contributed by atoms with Crippen molar-refractivity contribution in [1.82, 2.24) is 10.3 Å². The number of H-pyrrole nitrogens is 1. The zero-order chi connectivity index (χ0) is 17.0. The van der Waals surface area contributed by atoms with Crippen molar-refractivity contribution in [2.24, 2.45) is 17.8 Å². The lowest BCUT2D eigenvalue weighted by Crippen LogP contribution is -2.59. The topological polar surface area (TPSA) is 44.9 Å². The van der Waals surface area contributed by atoms with Crippen LogP contribution in [0.1, 0.15) is 49.0 Å². The lowest BCUT2D eigenvalue weighted by Gasteiger charge is -2.56. The van der Waals surface area contributed by atoms with Crippen molar-refractivity contribution in [2.75, 3.05) is 0 Å². The van der Waals surface area contributed by atoms with Gasteiger partial charge in [0.1, 0.15) is 5.69 Å². The van der Waals surface area contributed by atoms with Gasteiger partial charge in [-0.25, -0.2) is 0 Å². The lowest BCUT2D eigenvalue weighted by atomic mass is 9.53. The normalized spacial score (nSPS) is 32.8. The Morgan fingerprint density at radius 3 is 2.20 bits per heavy atom. The standard InChI is InChI=1S/C21H23ClN2O/c22-18-3-1-16(2-4-18)17-8-19(23-12-17)20(25)24-21-9-13-5-14(10-21)7-15(6-13)11-21/h1-4,8,12-15,23H,5-7,9-11H2,(H,24,25). The average Bonchev–Trinajstić information content (AvgIpc) is 3.04. The fourth-order valence-electron chi connectivity index (χ4n) is 5.91. The van der Waals surface area contributed by atoms with Crippen LogP contribution in [0.3, 0.4) is 0 Å². The van der Waals surface area contributed by atoms with Gasteiger partial charge in [0, 0.05) is 16.8 Å². The molecule has 4 aliphatic carbocycles. The molecule has 4 saturated carbocycles. The molecule has 25 heavy (non-hydrogen) atoms. The second-order valence-corrected chi connectivity index (χ2v) is 8.90. The fraction of sp³-hybridized carbons (Fsp3) is 0.476. The van der Waals surface area contributed by atoms with E-state index in [4.69, 9.17) is 11.6 Å². The molecule has 4 fully saturated rings. The first kappa shape index (κ1) is 15.5. The molecule has 2 N–H and O–H groups in total. The highest BCUT2D eigenvalue weighted by molar-refractivity contribution is 6.30. The molecule has 0 spiro atoms.